The number of aryl methyl sites for hydroxylation is 1. The van der Waals surface area contributed by atoms with Crippen LogP contribution in [-0.2, 0) is 22.5 Å². The van der Waals surface area contributed by atoms with Crippen molar-refractivity contribution in [2.75, 3.05) is 26.8 Å². The van der Waals surface area contributed by atoms with Crippen LogP contribution >= 0.6 is 11.3 Å². The highest BCUT2D eigenvalue weighted by atomic mass is 32.1. The minimum Gasteiger partial charge on any atom is -0.383 e. The first-order valence-electron chi connectivity index (χ1n) is 6.66. The van der Waals surface area contributed by atoms with Crippen LogP contribution in [0.2, 0.25) is 0 Å². The molecule has 0 saturated heterocycles. The Labute approximate surface area is 119 Å². The number of nitrogens with zero attached hydrogens (tertiary/aromatic N) is 2. The van der Waals surface area contributed by atoms with Gasteiger partial charge in [0.05, 0.1) is 12.2 Å². The fraction of sp³-hybridized carbons (Fsp3) is 0.846. The van der Waals surface area contributed by atoms with Gasteiger partial charge in [0.25, 0.3) is 0 Å². The zero-order valence-corrected chi connectivity index (χ0v) is 13.2. The highest BCUT2D eigenvalue weighted by molar-refractivity contribution is 7.11. The molecule has 1 heterocycles. The summed E-state index contributed by atoms with van der Waals surface area (Å²) < 4.78 is 10.6. The molecule has 5 nitrogen and oxygen atoms in total. The topological polar surface area (TPSA) is 56.3 Å². The first-order chi connectivity index (χ1) is 9.01. The Bertz CT molecular complexity index is 350. The molecule has 6 heteroatoms. The van der Waals surface area contributed by atoms with Crippen molar-refractivity contribution in [2.45, 2.75) is 45.8 Å². The summed E-state index contributed by atoms with van der Waals surface area (Å²) in [6.07, 6.45) is 2.03. The first-order valence-corrected chi connectivity index (χ1v) is 7.48. The summed E-state index contributed by atoms with van der Waals surface area (Å²) in [5.74, 6) is 0. The number of nitrogens with one attached hydrogen (secondary N) is 1. The predicted octanol–water partition coefficient (Wildman–Crippen LogP) is 2.02. The van der Waals surface area contributed by atoms with Gasteiger partial charge in [-0.25, -0.2) is 0 Å². The molecule has 0 spiro atoms. The van der Waals surface area contributed by atoms with Crippen LogP contribution in [0.4, 0.5) is 0 Å². The van der Waals surface area contributed by atoms with Crippen LogP contribution in [0, 0.1) is 0 Å². The maximum Gasteiger partial charge on any atom is 0.143 e. The largest absolute Gasteiger partial charge is 0.383 e. The van der Waals surface area contributed by atoms with Gasteiger partial charge in [-0.15, -0.1) is 10.2 Å². The molecule has 0 bridgehead atoms. The molecule has 0 amide bonds. The van der Waals surface area contributed by atoms with Crippen LogP contribution in [0.1, 0.15) is 37.2 Å². The van der Waals surface area contributed by atoms with Gasteiger partial charge in [0.15, 0.2) is 0 Å². The van der Waals surface area contributed by atoms with Crippen molar-refractivity contribution < 1.29 is 9.47 Å². The molecular formula is C13H25N3O2S. The molecular weight excluding hydrogens is 262 g/mol. The van der Waals surface area contributed by atoms with Crippen LogP contribution in [0.5, 0.6) is 0 Å². The van der Waals surface area contributed by atoms with Crippen molar-refractivity contribution in [3.63, 3.8) is 0 Å². The van der Waals surface area contributed by atoms with E-state index in [2.05, 4.69) is 15.5 Å². The van der Waals surface area contributed by atoms with E-state index in [1.807, 2.05) is 20.8 Å². The van der Waals surface area contributed by atoms with E-state index in [1.54, 1.807) is 18.4 Å². The van der Waals surface area contributed by atoms with E-state index in [0.717, 1.165) is 42.6 Å². The number of aromatic nitrogens is 2. The predicted molar refractivity (Wildman–Crippen MR) is 77.5 cm³/mol. The molecule has 1 aromatic heterocycles. The fourth-order valence-electron chi connectivity index (χ4n) is 1.39. The lowest BCUT2D eigenvalue weighted by Crippen LogP contribution is -2.20. The van der Waals surface area contributed by atoms with E-state index < -0.39 is 0 Å². The summed E-state index contributed by atoms with van der Waals surface area (Å²) in [5, 5.41) is 13.7. The van der Waals surface area contributed by atoms with Crippen LogP contribution in [0.25, 0.3) is 0 Å². The molecule has 1 aromatic rings. The first kappa shape index (κ1) is 16.5. The van der Waals surface area contributed by atoms with Crippen LogP contribution < -0.4 is 5.32 Å². The van der Waals surface area contributed by atoms with E-state index >= 15 is 0 Å². The summed E-state index contributed by atoms with van der Waals surface area (Å²) in [7, 11) is 1.71. The maximum atomic E-state index is 5.68. The van der Waals surface area contributed by atoms with Crippen LogP contribution in [-0.4, -0.2) is 42.6 Å². The van der Waals surface area contributed by atoms with Gasteiger partial charge in [0.1, 0.15) is 16.6 Å². The standard InChI is InChI=1S/C13H25N3O2S/c1-13(2,3)18-10-12-16-15-11(19-12)6-5-7-14-8-9-17-4/h14H,5-10H2,1-4H3. The highest BCUT2D eigenvalue weighted by Gasteiger charge is 2.12. The van der Waals surface area contributed by atoms with E-state index in [4.69, 9.17) is 9.47 Å². The second-order valence-corrected chi connectivity index (χ2v) is 6.48. The molecule has 19 heavy (non-hydrogen) atoms. The lowest BCUT2D eigenvalue weighted by Gasteiger charge is -2.17. The summed E-state index contributed by atoms with van der Waals surface area (Å²) in [6.45, 7) is 9.32. The van der Waals surface area contributed by atoms with Gasteiger partial charge in [0.2, 0.25) is 0 Å². The molecule has 0 aliphatic carbocycles. The Morgan fingerprint density at radius 1 is 1.16 bits per heavy atom. The molecule has 0 radical (unpaired) electrons. The van der Waals surface area contributed by atoms with E-state index in [9.17, 15) is 0 Å². The molecule has 1 rings (SSSR count). The quantitative estimate of drug-likeness (QED) is 0.704. The monoisotopic (exact) mass is 287 g/mol. The van der Waals surface area contributed by atoms with E-state index in [-0.39, 0.29) is 5.60 Å². The number of rotatable bonds is 9. The van der Waals surface area contributed by atoms with Crippen LogP contribution in [0.3, 0.4) is 0 Å². The Kier molecular flexibility index (Phi) is 7.45. The smallest absolute Gasteiger partial charge is 0.143 e. The molecule has 0 saturated carbocycles. The lowest BCUT2D eigenvalue weighted by atomic mass is 10.2. The molecule has 1 N–H and O–H groups in total. The van der Waals surface area contributed by atoms with Gasteiger partial charge in [-0.1, -0.05) is 11.3 Å². The van der Waals surface area contributed by atoms with Crippen LogP contribution in [0.15, 0.2) is 0 Å². The van der Waals surface area contributed by atoms with Crippen molar-refractivity contribution in [2.24, 2.45) is 0 Å². The van der Waals surface area contributed by atoms with E-state index in [0.29, 0.717) is 6.61 Å². The fourth-order valence-corrected chi connectivity index (χ4v) is 2.19. The van der Waals surface area contributed by atoms with Gasteiger partial charge in [-0.05, 0) is 33.7 Å². The SMILES string of the molecule is COCCNCCCc1nnc(COC(C)(C)C)s1. The lowest BCUT2D eigenvalue weighted by molar-refractivity contribution is -0.0152. The van der Waals surface area contributed by atoms with Crippen molar-refractivity contribution in [1.29, 1.82) is 0 Å². The van der Waals surface area contributed by atoms with Crippen molar-refractivity contribution in [3.05, 3.63) is 10.0 Å². The van der Waals surface area contributed by atoms with Gasteiger partial charge in [-0.2, -0.15) is 0 Å². The van der Waals surface area contributed by atoms with E-state index in [1.165, 1.54) is 0 Å². The van der Waals surface area contributed by atoms with Crippen molar-refractivity contribution >= 4 is 11.3 Å². The van der Waals surface area contributed by atoms with Gasteiger partial charge in [0, 0.05) is 20.1 Å². The molecule has 0 aliphatic heterocycles. The third kappa shape index (κ3) is 8.26. The normalized spacial score (nSPS) is 12.0. The average Bonchev–Trinajstić information content (AvgIpc) is 2.78. The Balaban J connectivity index is 2.16. The van der Waals surface area contributed by atoms with Gasteiger partial charge < -0.3 is 14.8 Å². The maximum absolute atomic E-state index is 5.68. The zero-order valence-electron chi connectivity index (χ0n) is 12.4. The third-order valence-electron chi connectivity index (χ3n) is 2.36. The number of hydrogen-bond acceptors (Lipinski definition) is 6. The van der Waals surface area contributed by atoms with Crippen molar-refractivity contribution in [1.82, 2.24) is 15.5 Å². The minimum absolute atomic E-state index is 0.128. The number of methoxy groups -OCH3 is 1. The van der Waals surface area contributed by atoms with Crippen molar-refractivity contribution in [3.8, 4) is 0 Å². The Hall–Kier alpha value is -0.560. The second kappa shape index (κ2) is 8.58. The third-order valence-corrected chi connectivity index (χ3v) is 3.32. The Morgan fingerprint density at radius 2 is 1.89 bits per heavy atom. The summed E-state index contributed by atoms with van der Waals surface area (Å²) in [4.78, 5) is 0. The molecule has 0 atom stereocenters. The summed E-state index contributed by atoms with van der Waals surface area (Å²) in [6, 6.07) is 0. The Morgan fingerprint density at radius 3 is 2.58 bits per heavy atom. The minimum atomic E-state index is -0.128. The molecule has 110 valence electrons. The second-order valence-electron chi connectivity index (χ2n) is 5.34. The number of ether oxygens (including phenoxy) is 2. The number of hydrogen-bond donors (Lipinski definition) is 1. The van der Waals surface area contributed by atoms with Gasteiger partial charge >= 0.3 is 0 Å². The summed E-state index contributed by atoms with van der Waals surface area (Å²) in [5.41, 5.74) is -0.128. The average molecular weight is 287 g/mol. The molecule has 0 aromatic carbocycles. The summed E-state index contributed by atoms with van der Waals surface area (Å²) >= 11 is 1.64. The van der Waals surface area contributed by atoms with Gasteiger partial charge in [-0.3, -0.25) is 0 Å². The molecule has 0 fully saturated rings. The molecule has 0 aliphatic rings. The highest BCUT2D eigenvalue weighted by Crippen LogP contribution is 2.16. The molecule has 0 unspecified atom stereocenters. The zero-order chi connectivity index (χ0) is 14.1.